The van der Waals surface area contributed by atoms with E-state index in [4.69, 9.17) is 4.74 Å². The molecule has 1 N–H and O–H groups in total. The molecule has 22 heavy (non-hydrogen) atoms. The van der Waals surface area contributed by atoms with E-state index in [1.807, 2.05) is 30.3 Å². The van der Waals surface area contributed by atoms with E-state index in [0.29, 0.717) is 13.1 Å². The van der Waals surface area contributed by atoms with Gasteiger partial charge in [0.2, 0.25) is 0 Å². The summed E-state index contributed by atoms with van der Waals surface area (Å²) in [5, 5.41) is 9.20. The molecule has 0 saturated carbocycles. The van der Waals surface area contributed by atoms with Gasteiger partial charge in [-0.15, -0.1) is 0 Å². The van der Waals surface area contributed by atoms with Gasteiger partial charge < -0.3 is 19.6 Å². The molecule has 0 aliphatic carbocycles. The summed E-state index contributed by atoms with van der Waals surface area (Å²) in [5.41, 5.74) is 0.925. The third-order valence-electron chi connectivity index (χ3n) is 3.87. The molecule has 1 heterocycles. The van der Waals surface area contributed by atoms with Crippen molar-refractivity contribution in [3.8, 4) is 0 Å². The first-order valence-corrected chi connectivity index (χ1v) is 7.49. The number of likely N-dealkylation sites (N-methyl/N-ethyl adjacent to an activating group) is 1. The standard InChI is InChI=1S/C16H22N2O4/c1-17(11-14-9-5-6-10-18(14)15(19)20)16(21)22-12-13-7-3-2-4-8-13/h2-4,7-8,14H,5-6,9-12H2,1H3,(H,19,20). The number of likely N-dealkylation sites (tertiary alicyclic amines) is 1. The van der Waals surface area contributed by atoms with Crippen LogP contribution in [-0.4, -0.2) is 53.3 Å². The second-order valence-corrected chi connectivity index (χ2v) is 5.55. The molecular weight excluding hydrogens is 284 g/mol. The molecule has 1 atom stereocenters. The summed E-state index contributed by atoms with van der Waals surface area (Å²) in [6.07, 6.45) is 1.30. The van der Waals surface area contributed by atoms with Gasteiger partial charge in [-0.2, -0.15) is 0 Å². The van der Waals surface area contributed by atoms with Crippen molar-refractivity contribution >= 4 is 12.2 Å². The molecule has 120 valence electrons. The van der Waals surface area contributed by atoms with Crippen LogP contribution in [0.2, 0.25) is 0 Å². The third-order valence-corrected chi connectivity index (χ3v) is 3.87. The van der Waals surface area contributed by atoms with Crippen LogP contribution in [0.5, 0.6) is 0 Å². The molecule has 2 rings (SSSR count). The zero-order valence-corrected chi connectivity index (χ0v) is 12.8. The van der Waals surface area contributed by atoms with Crippen LogP contribution >= 0.6 is 0 Å². The lowest BCUT2D eigenvalue weighted by molar-refractivity contribution is 0.0731. The Morgan fingerprint density at radius 3 is 2.73 bits per heavy atom. The van der Waals surface area contributed by atoms with Gasteiger partial charge in [-0.25, -0.2) is 9.59 Å². The fraction of sp³-hybridized carbons (Fsp3) is 0.500. The van der Waals surface area contributed by atoms with Crippen molar-refractivity contribution < 1.29 is 19.4 Å². The summed E-state index contributed by atoms with van der Waals surface area (Å²) in [4.78, 5) is 26.1. The maximum atomic E-state index is 12.0. The van der Waals surface area contributed by atoms with Gasteiger partial charge in [-0.1, -0.05) is 30.3 Å². The molecule has 1 fully saturated rings. The summed E-state index contributed by atoms with van der Waals surface area (Å²) in [6, 6.07) is 9.31. The fourth-order valence-corrected chi connectivity index (χ4v) is 2.66. The molecule has 1 aliphatic rings. The van der Waals surface area contributed by atoms with Crippen LogP contribution in [0.3, 0.4) is 0 Å². The summed E-state index contributed by atoms with van der Waals surface area (Å²) in [5.74, 6) is 0. The van der Waals surface area contributed by atoms with Crippen molar-refractivity contribution in [3.63, 3.8) is 0 Å². The number of piperidine rings is 1. The second kappa shape index (κ2) is 7.68. The highest BCUT2D eigenvalue weighted by molar-refractivity contribution is 5.68. The van der Waals surface area contributed by atoms with Gasteiger partial charge in [-0.05, 0) is 24.8 Å². The molecule has 1 aliphatic heterocycles. The lowest BCUT2D eigenvalue weighted by atomic mass is 10.0. The average molecular weight is 306 g/mol. The molecule has 0 spiro atoms. The molecular formula is C16H22N2O4. The number of rotatable bonds is 4. The number of carbonyl (C=O) groups is 2. The first-order chi connectivity index (χ1) is 10.6. The Balaban J connectivity index is 1.83. The van der Waals surface area contributed by atoms with Crippen LogP contribution in [0.15, 0.2) is 30.3 Å². The third kappa shape index (κ3) is 4.38. The lowest BCUT2D eigenvalue weighted by Gasteiger charge is -2.35. The van der Waals surface area contributed by atoms with Crippen molar-refractivity contribution in [2.75, 3.05) is 20.1 Å². The first-order valence-electron chi connectivity index (χ1n) is 7.49. The fourth-order valence-electron chi connectivity index (χ4n) is 2.66. The van der Waals surface area contributed by atoms with Crippen molar-refractivity contribution in [3.05, 3.63) is 35.9 Å². The quantitative estimate of drug-likeness (QED) is 0.928. The predicted molar refractivity (Wildman–Crippen MR) is 81.6 cm³/mol. The smallest absolute Gasteiger partial charge is 0.409 e. The number of hydrogen-bond donors (Lipinski definition) is 1. The predicted octanol–water partition coefficient (Wildman–Crippen LogP) is 2.79. The van der Waals surface area contributed by atoms with Gasteiger partial charge in [0, 0.05) is 20.1 Å². The van der Waals surface area contributed by atoms with E-state index in [9.17, 15) is 14.7 Å². The monoisotopic (exact) mass is 306 g/mol. The highest BCUT2D eigenvalue weighted by atomic mass is 16.6. The van der Waals surface area contributed by atoms with Crippen LogP contribution in [0.25, 0.3) is 0 Å². The number of benzene rings is 1. The Labute approximate surface area is 130 Å². The van der Waals surface area contributed by atoms with Gasteiger partial charge in [0.05, 0.1) is 6.04 Å². The van der Waals surface area contributed by atoms with Crippen molar-refractivity contribution in [2.45, 2.75) is 31.9 Å². The van der Waals surface area contributed by atoms with E-state index < -0.39 is 12.2 Å². The maximum absolute atomic E-state index is 12.0. The lowest BCUT2D eigenvalue weighted by Crippen LogP contribution is -2.49. The zero-order chi connectivity index (χ0) is 15.9. The molecule has 0 bridgehead atoms. The minimum Gasteiger partial charge on any atom is -0.465 e. The topological polar surface area (TPSA) is 70.1 Å². The summed E-state index contributed by atoms with van der Waals surface area (Å²) >= 11 is 0. The highest BCUT2D eigenvalue weighted by Crippen LogP contribution is 2.18. The van der Waals surface area contributed by atoms with Gasteiger partial charge in [0.15, 0.2) is 0 Å². The largest absolute Gasteiger partial charge is 0.465 e. The first kappa shape index (κ1) is 16.1. The minimum atomic E-state index is -0.921. The van der Waals surface area contributed by atoms with E-state index >= 15 is 0 Å². The van der Waals surface area contributed by atoms with Crippen LogP contribution in [-0.2, 0) is 11.3 Å². The number of ether oxygens (including phenoxy) is 1. The van der Waals surface area contributed by atoms with E-state index in [1.54, 1.807) is 7.05 Å². The van der Waals surface area contributed by atoms with Gasteiger partial charge >= 0.3 is 12.2 Å². The van der Waals surface area contributed by atoms with Crippen molar-refractivity contribution in [2.24, 2.45) is 0 Å². The van der Waals surface area contributed by atoms with E-state index in [0.717, 1.165) is 24.8 Å². The van der Waals surface area contributed by atoms with Gasteiger partial charge in [0.25, 0.3) is 0 Å². The molecule has 1 unspecified atom stereocenters. The number of amides is 2. The minimum absolute atomic E-state index is 0.152. The van der Waals surface area contributed by atoms with Crippen molar-refractivity contribution in [1.29, 1.82) is 0 Å². The molecule has 0 radical (unpaired) electrons. The molecule has 1 saturated heterocycles. The van der Waals surface area contributed by atoms with Crippen LogP contribution < -0.4 is 0 Å². The number of nitrogens with zero attached hydrogens (tertiary/aromatic N) is 2. The summed E-state index contributed by atoms with van der Waals surface area (Å²) in [7, 11) is 1.64. The number of hydrogen-bond acceptors (Lipinski definition) is 3. The molecule has 2 amide bonds. The summed E-state index contributed by atoms with van der Waals surface area (Å²) in [6.45, 7) is 1.12. The van der Waals surface area contributed by atoms with E-state index in [2.05, 4.69) is 0 Å². The Morgan fingerprint density at radius 1 is 1.32 bits per heavy atom. The van der Waals surface area contributed by atoms with Crippen LogP contribution in [0, 0.1) is 0 Å². The molecule has 0 aromatic heterocycles. The van der Waals surface area contributed by atoms with E-state index in [1.165, 1.54) is 9.80 Å². The van der Waals surface area contributed by atoms with Crippen LogP contribution in [0.4, 0.5) is 9.59 Å². The molecule has 1 aromatic rings. The Hall–Kier alpha value is -2.24. The number of carbonyl (C=O) groups excluding carboxylic acids is 1. The Bertz CT molecular complexity index is 506. The maximum Gasteiger partial charge on any atom is 0.409 e. The SMILES string of the molecule is CN(CC1CCCCN1C(=O)O)C(=O)OCc1ccccc1. The van der Waals surface area contributed by atoms with E-state index in [-0.39, 0.29) is 12.6 Å². The number of carboxylic acid groups (broad SMARTS) is 1. The molecule has 1 aromatic carbocycles. The molecule has 6 nitrogen and oxygen atoms in total. The second-order valence-electron chi connectivity index (χ2n) is 5.55. The van der Waals surface area contributed by atoms with Gasteiger partial charge in [-0.3, -0.25) is 0 Å². The van der Waals surface area contributed by atoms with Crippen molar-refractivity contribution in [1.82, 2.24) is 9.80 Å². The van der Waals surface area contributed by atoms with Gasteiger partial charge in [0.1, 0.15) is 6.61 Å². The average Bonchev–Trinajstić information content (AvgIpc) is 2.53. The Kier molecular flexibility index (Phi) is 5.63. The highest BCUT2D eigenvalue weighted by Gasteiger charge is 2.28. The Morgan fingerprint density at radius 2 is 2.05 bits per heavy atom. The normalized spacial score (nSPS) is 17.9. The van der Waals surface area contributed by atoms with Crippen LogP contribution in [0.1, 0.15) is 24.8 Å². The zero-order valence-electron chi connectivity index (χ0n) is 12.8. The molecule has 6 heteroatoms. The summed E-state index contributed by atoms with van der Waals surface area (Å²) < 4.78 is 5.25.